The minimum atomic E-state index is -2.08. The first kappa shape index (κ1) is 19.4. The summed E-state index contributed by atoms with van der Waals surface area (Å²) < 4.78 is 13.9. The second-order valence-electron chi connectivity index (χ2n) is 7.32. The smallest absolute Gasteiger partial charge is 0.262 e. The fraction of sp³-hybridized carbons (Fsp3) is 0.368. The van der Waals surface area contributed by atoms with Crippen LogP contribution in [-0.4, -0.2) is 48.3 Å². The molecule has 1 fully saturated rings. The van der Waals surface area contributed by atoms with Gasteiger partial charge in [-0.3, -0.25) is 13.7 Å². The molecule has 4 heterocycles. The largest absolute Gasteiger partial charge is 0.348 e. The maximum absolute atomic E-state index is 13.2. The van der Waals surface area contributed by atoms with Crippen molar-refractivity contribution in [3.8, 4) is 11.1 Å². The molecule has 9 heteroatoms. The molecule has 1 N–H and O–H groups in total. The van der Waals surface area contributed by atoms with Gasteiger partial charge >= 0.3 is 0 Å². The average Bonchev–Trinajstić information content (AvgIpc) is 3.29. The van der Waals surface area contributed by atoms with Crippen LogP contribution in [0.3, 0.4) is 0 Å². The van der Waals surface area contributed by atoms with Crippen LogP contribution in [0.5, 0.6) is 0 Å². The molecule has 3 aromatic heterocycles. The molecule has 1 amide bonds. The van der Waals surface area contributed by atoms with Gasteiger partial charge in [0.2, 0.25) is 0 Å². The monoisotopic (exact) mass is 436 g/mol. The molecule has 0 aromatic carbocycles. The van der Waals surface area contributed by atoms with Crippen molar-refractivity contribution in [2.24, 2.45) is 7.05 Å². The number of fused-ring (bicyclic) bond motifs is 1. The number of aromatic nitrogens is 3. The van der Waals surface area contributed by atoms with E-state index in [1.165, 1.54) is 11.3 Å². The SMILES string of the molecule is C=S1(=O)CCC(NC(=O)c2sc3nc(C)c(Cl)c(C)c3c2-c2cnn(C)c2)C1. The number of aryl methyl sites for hydroxylation is 3. The van der Waals surface area contributed by atoms with E-state index in [0.29, 0.717) is 27.8 Å². The third-order valence-corrected chi connectivity index (χ3v) is 8.69. The van der Waals surface area contributed by atoms with Gasteiger partial charge in [-0.1, -0.05) is 11.6 Å². The summed E-state index contributed by atoms with van der Waals surface area (Å²) in [7, 11) is -0.243. The lowest BCUT2D eigenvalue weighted by Gasteiger charge is -2.11. The van der Waals surface area contributed by atoms with Crippen molar-refractivity contribution in [3.05, 3.63) is 33.6 Å². The molecule has 3 aromatic rings. The highest BCUT2D eigenvalue weighted by Gasteiger charge is 2.29. The first-order valence-corrected chi connectivity index (χ1v) is 12.1. The van der Waals surface area contributed by atoms with E-state index < -0.39 is 9.52 Å². The first-order chi connectivity index (χ1) is 13.2. The van der Waals surface area contributed by atoms with Gasteiger partial charge in [0.25, 0.3) is 5.91 Å². The Morgan fingerprint density at radius 3 is 2.82 bits per heavy atom. The molecular weight excluding hydrogens is 416 g/mol. The van der Waals surface area contributed by atoms with Gasteiger partial charge in [-0.05, 0) is 41.2 Å². The molecule has 1 saturated heterocycles. The van der Waals surface area contributed by atoms with Crippen LogP contribution in [0.1, 0.15) is 27.3 Å². The summed E-state index contributed by atoms with van der Waals surface area (Å²) >= 11 is 7.81. The second kappa shape index (κ2) is 6.86. The van der Waals surface area contributed by atoms with Gasteiger partial charge in [0, 0.05) is 47.3 Å². The molecule has 4 rings (SSSR count). The average molecular weight is 437 g/mol. The number of hydrogen-bond acceptors (Lipinski definition) is 5. The van der Waals surface area contributed by atoms with Crippen LogP contribution in [0.25, 0.3) is 21.3 Å². The Morgan fingerprint density at radius 1 is 1.46 bits per heavy atom. The Bertz CT molecular complexity index is 1210. The lowest BCUT2D eigenvalue weighted by atomic mass is 10.0. The van der Waals surface area contributed by atoms with Crippen molar-refractivity contribution in [1.29, 1.82) is 0 Å². The Kier molecular flexibility index (Phi) is 4.76. The van der Waals surface area contributed by atoms with E-state index in [1.54, 1.807) is 10.9 Å². The number of hydrogen-bond donors (Lipinski definition) is 1. The maximum Gasteiger partial charge on any atom is 0.262 e. The van der Waals surface area contributed by atoms with Crippen LogP contribution in [-0.2, 0) is 16.6 Å². The first-order valence-electron chi connectivity index (χ1n) is 8.88. The molecule has 0 bridgehead atoms. The standard InChI is InChI=1S/C19H21ClN4O2S2/c1-10-14-15(12-7-21-24(3)8-12)17(27-19(14)22-11(2)16(10)20)18(25)23-13-5-6-28(4,26)9-13/h7-8,13H,4-6,9H2,1-3H3,(H,23,25). The van der Waals surface area contributed by atoms with Crippen LogP contribution in [0.2, 0.25) is 5.02 Å². The van der Waals surface area contributed by atoms with Crippen molar-refractivity contribution in [3.63, 3.8) is 0 Å². The Labute approximate surface area is 172 Å². The van der Waals surface area contributed by atoms with E-state index in [4.69, 9.17) is 11.6 Å². The van der Waals surface area contributed by atoms with E-state index >= 15 is 0 Å². The summed E-state index contributed by atoms with van der Waals surface area (Å²) in [5.74, 6) is 4.57. The molecule has 0 radical (unpaired) electrons. The van der Waals surface area contributed by atoms with Gasteiger partial charge in [0.15, 0.2) is 0 Å². The van der Waals surface area contributed by atoms with E-state index in [2.05, 4.69) is 21.3 Å². The summed E-state index contributed by atoms with van der Waals surface area (Å²) in [6.45, 7) is 3.81. The predicted molar refractivity (Wildman–Crippen MR) is 117 cm³/mol. The molecule has 1 aliphatic rings. The second-order valence-corrected chi connectivity index (χ2v) is 11.4. The Morgan fingerprint density at radius 2 is 2.21 bits per heavy atom. The summed E-state index contributed by atoms with van der Waals surface area (Å²) in [6.07, 6.45) is 4.30. The number of rotatable bonds is 3. The molecule has 1 aliphatic heterocycles. The quantitative estimate of drug-likeness (QED) is 0.639. The number of carbonyl (C=O) groups is 1. The Balaban J connectivity index is 1.85. The van der Waals surface area contributed by atoms with Crippen molar-refractivity contribution in [2.45, 2.75) is 26.3 Å². The lowest BCUT2D eigenvalue weighted by Crippen LogP contribution is -2.35. The van der Waals surface area contributed by atoms with E-state index in [0.717, 1.165) is 32.6 Å². The highest BCUT2D eigenvalue weighted by molar-refractivity contribution is 8.00. The van der Waals surface area contributed by atoms with Gasteiger partial charge in [-0.25, -0.2) is 4.98 Å². The van der Waals surface area contributed by atoms with Gasteiger partial charge in [-0.2, -0.15) is 5.10 Å². The van der Waals surface area contributed by atoms with E-state index in [-0.39, 0.29) is 11.9 Å². The molecule has 0 spiro atoms. The van der Waals surface area contributed by atoms with Crippen LogP contribution in [0.4, 0.5) is 0 Å². The molecule has 6 nitrogen and oxygen atoms in total. The predicted octanol–water partition coefficient (Wildman–Crippen LogP) is 3.19. The van der Waals surface area contributed by atoms with Gasteiger partial charge in [-0.15, -0.1) is 11.3 Å². The number of carbonyl (C=O) groups excluding carboxylic acids is 1. The topological polar surface area (TPSA) is 76.9 Å². The number of pyridine rings is 1. The minimum absolute atomic E-state index is 0.121. The molecule has 0 aliphatic carbocycles. The number of nitrogens with one attached hydrogen (secondary N) is 1. The third-order valence-electron chi connectivity index (χ3n) is 5.06. The molecule has 2 unspecified atom stereocenters. The number of amides is 1. The molecule has 148 valence electrons. The van der Waals surface area contributed by atoms with Crippen molar-refractivity contribution in [2.75, 3.05) is 11.5 Å². The molecular formula is C19H21ClN4O2S2. The fourth-order valence-electron chi connectivity index (χ4n) is 3.67. The summed E-state index contributed by atoms with van der Waals surface area (Å²) in [6, 6.07) is -0.121. The molecule has 28 heavy (non-hydrogen) atoms. The minimum Gasteiger partial charge on any atom is -0.348 e. The van der Waals surface area contributed by atoms with Crippen LogP contribution in [0, 0.1) is 13.8 Å². The van der Waals surface area contributed by atoms with E-state index in [9.17, 15) is 9.00 Å². The van der Waals surface area contributed by atoms with Crippen LogP contribution >= 0.6 is 22.9 Å². The third kappa shape index (κ3) is 3.33. The Hall–Kier alpha value is -1.90. The van der Waals surface area contributed by atoms with Crippen LogP contribution in [0.15, 0.2) is 12.4 Å². The molecule has 2 atom stereocenters. The van der Waals surface area contributed by atoms with Crippen molar-refractivity contribution in [1.82, 2.24) is 20.1 Å². The fourth-order valence-corrected chi connectivity index (χ4v) is 6.88. The zero-order valence-corrected chi connectivity index (χ0v) is 18.3. The number of halogens is 1. The van der Waals surface area contributed by atoms with Crippen molar-refractivity contribution >= 4 is 54.5 Å². The summed E-state index contributed by atoms with van der Waals surface area (Å²) in [5, 5.41) is 8.79. The highest BCUT2D eigenvalue weighted by atomic mass is 35.5. The molecule has 0 saturated carbocycles. The lowest BCUT2D eigenvalue weighted by molar-refractivity contribution is 0.0946. The van der Waals surface area contributed by atoms with Crippen LogP contribution < -0.4 is 5.32 Å². The normalized spacial score (nSPS) is 22.1. The van der Waals surface area contributed by atoms with Crippen molar-refractivity contribution < 1.29 is 9.00 Å². The van der Waals surface area contributed by atoms with Gasteiger partial charge in [0.1, 0.15) is 9.71 Å². The summed E-state index contributed by atoms with van der Waals surface area (Å²) in [5.41, 5.74) is 3.28. The highest BCUT2D eigenvalue weighted by Crippen LogP contribution is 2.42. The van der Waals surface area contributed by atoms with Gasteiger partial charge < -0.3 is 5.32 Å². The van der Waals surface area contributed by atoms with Gasteiger partial charge in [0.05, 0.1) is 16.9 Å². The number of thiophene rings is 1. The zero-order valence-electron chi connectivity index (χ0n) is 15.9. The summed E-state index contributed by atoms with van der Waals surface area (Å²) in [4.78, 5) is 19.1. The zero-order chi connectivity index (χ0) is 20.2. The number of nitrogens with zero attached hydrogens (tertiary/aromatic N) is 3. The maximum atomic E-state index is 13.2. The van der Waals surface area contributed by atoms with E-state index in [1.807, 2.05) is 27.1 Å².